The van der Waals surface area contributed by atoms with Crippen LogP contribution in [0.3, 0.4) is 0 Å². The average Bonchev–Trinajstić information content (AvgIpc) is 2.16. The predicted octanol–water partition coefficient (Wildman–Crippen LogP) is -0.240. The van der Waals surface area contributed by atoms with Crippen LogP contribution in [-0.4, -0.2) is 61.5 Å². The summed E-state index contributed by atoms with van der Waals surface area (Å²) in [6.07, 6.45) is 0. The molecule has 0 radical (unpaired) electrons. The van der Waals surface area contributed by atoms with Crippen LogP contribution >= 0.6 is 0 Å². The van der Waals surface area contributed by atoms with Gasteiger partial charge in [0, 0.05) is 39.3 Å². The summed E-state index contributed by atoms with van der Waals surface area (Å²) in [5.41, 5.74) is 0.420. The maximum Gasteiger partial charge on any atom is 0.236 e. The van der Waals surface area contributed by atoms with E-state index in [2.05, 4.69) is 24.1 Å². The lowest BCUT2D eigenvalue weighted by molar-refractivity contribution is -0.135. The molecule has 1 N–H and O–H groups in total. The molecule has 1 amide bonds. The third-order valence-electron chi connectivity index (χ3n) is 3.13. The van der Waals surface area contributed by atoms with Gasteiger partial charge in [0.05, 0.1) is 6.54 Å². The smallest absolute Gasteiger partial charge is 0.236 e. The van der Waals surface area contributed by atoms with Crippen molar-refractivity contribution >= 4 is 5.91 Å². The summed E-state index contributed by atoms with van der Waals surface area (Å²) < 4.78 is 0. The van der Waals surface area contributed by atoms with Crippen molar-refractivity contribution in [3.8, 4) is 0 Å². The van der Waals surface area contributed by atoms with E-state index >= 15 is 0 Å². The molecule has 2 aliphatic rings. The summed E-state index contributed by atoms with van der Waals surface area (Å²) in [5, 5.41) is 3.26. The van der Waals surface area contributed by atoms with Crippen LogP contribution in [0.5, 0.6) is 0 Å². The molecular weight excluding hydrogens is 190 g/mol. The van der Waals surface area contributed by atoms with E-state index in [9.17, 15) is 4.79 Å². The van der Waals surface area contributed by atoms with Crippen molar-refractivity contribution in [2.24, 2.45) is 5.41 Å². The third kappa shape index (κ3) is 2.69. The lowest BCUT2D eigenvalue weighted by Gasteiger charge is -2.46. The number of nitrogens with zero attached hydrogens (tertiary/aromatic N) is 2. The number of amides is 1. The van der Waals surface area contributed by atoms with Crippen molar-refractivity contribution in [2.45, 2.75) is 13.8 Å². The molecule has 4 heteroatoms. The Balaban J connectivity index is 1.73. The molecule has 0 unspecified atom stereocenters. The zero-order valence-corrected chi connectivity index (χ0v) is 9.75. The molecular formula is C11H21N3O. The second-order valence-electron chi connectivity index (χ2n) is 5.44. The summed E-state index contributed by atoms with van der Waals surface area (Å²) in [7, 11) is 0. The lowest BCUT2D eigenvalue weighted by atomic mass is 9.84. The second kappa shape index (κ2) is 4.10. The minimum Gasteiger partial charge on any atom is -0.339 e. The first kappa shape index (κ1) is 10.9. The van der Waals surface area contributed by atoms with Crippen molar-refractivity contribution in [2.75, 3.05) is 45.8 Å². The van der Waals surface area contributed by atoms with Gasteiger partial charge in [0.15, 0.2) is 0 Å². The first-order valence-corrected chi connectivity index (χ1v) is 5.78. The molecule has 0 bridgehead atoms. The zero-order chi connectivity index (χ0) is 10.9. The molecule has 4 nitrogen and oxygen atoms in total. The van der Waals surface area contributed by atoms with E-state index in [4.69, 9.17) is 0 Å². The molecule has 0 aliphatic carbocycles. The van der Waals surface area contributed by atoms with E-state index in [1.54, 1.807) is 0 Å². The highest BCUT2D eigenvalue weighted by atomic mass is 16.2. The van der Waals surface area contributed by atoms with Crippen LogP contribution in [-0.2, 0) is 4.79 Å². The molecule has 2 fully saturated rings. The number of piperazine rings is 1. The fourth-order valence-corrected chi connectivity index (χ4v) is 2.48. The molecule has 0 saturated carbocycles. The number of rotatable bonds is 2. The average molecular weight is 211 g/mol. The van der Waals surface area contributed by atoms with E-state index in [0.717, 1.165) is 39.3 Å². The monoisotopic (exact) mass is 211 g/mol. The molecule has 2 heterocycles. The zero-order valence-electron chi connectivity index (χ0n) is 9.75. The Morgan fingerprint density at radius 2 is 1.87 bits per heavy atom. The molecule has 0 aromatic rings. The van der Waals surface area contributed by atoms with E-state index in [-0.39, 0.29) is 0 Å². The summed E-state index contributed by atoms with van der Waals surface area (Å²) in [5.74, 6) is 0.298. The Morgan fingerprint density at radius 3 is 2.40 bits per heavy atom. The van der Waals surface area contributed by atoms with Gasteiger partial charge >= 0.3 is 0 Å². The SMILES string of the molecule is CC1(C)CN(CC(=O)N2CCNCC2)C1. The molecule has 0 aromatic carbocycles. The summed E-state index contributed by atoms with van der Waals surface area (Å²) in [6.45, 7) is 10.9. The van der Waals surface area contributed by atoms with E-state index in [1.807, 2.05) is 4.90 Å². The van der Waals surface area contributed by atoms with Crippen LogP contribution < -0.4 is 5.32 Å². The van der Waals surface area contributed by atoms with Crippen LogP contribution in [0.15, 0.2) is 0 Å². The van der Waals surface area contributed by atoms with Crippen molar-refractivity contribution < 1.29 is 4.79 Å². The lowest BCUT2D eigenvalue weighted by Crippen LogP contribution is -2.57. The normalized spacial score (nSPS) is 26.1. The number of hydrogen-bond donors (Lipinski definition) is 1. The molecule has 0 atom stereocenters. The number of nitrogens with one attached hydrogen (secondary N) is 1. The van der Waals surface area contributed by atoms with Gasteiger partial charge < -0.3 is 10.2 Å². The van der Waals surface area contributed by atoms with E-state index < -0.39 is 0 Å². The summed E-state index contributed by atoms with van der Waals surface area (Å²) >= 11 is 0. The highest BCUT2D eigenvalue weighted by molar-refractivity contribution is 5.78. The molecule has 0 spiro atoms. The third-order valence-corrected chi connectivity index (χ3v) is 3.13. The molecule has 0 aromatic heterocycles. The van der Waals surface area contributed by atoms with Crippen molar-refractivity contribution in [3.05, 3.63) is 0 Å². The largest absolute Gasteiger partial charge is 0.339 e. The van der Waals surface area contributed by atoms with Crippen molar-refractivity contribution in [3.63, 3.8) is 0 Å². The van der Waals surface area contributed by atoms with Gasteiger partial charge in [-0.05, 0) is 5.41 Å². The van der Waals surface area contributed by atoms with Crippen LogP contribution in [0.25, 0.3) is 0 Å². The molecule has 15 heavy (non-hydrogen) atoms. The number of likely N-dealkylation sites (tertiary alicyclic amines) is 1. The maximum atomic E-state index is 11.9. The Labute approximate surface area is 91.6 Å². The first-order chi connectivity index (χ1) is 7.07. The summed E-state index contributed by atoms with van der Waals surface area (Å²) in [4.78, 5) is 16.1. The topological polar surface area (TPSA) is 35.6 Å². The molecule has 2 rings (SSSR count). The van der Waals surface area contributed by atoms with Gasteiger partial charge in [0.1, 0.15) is 0 Å². The van der Waals surface area contributed by atoms with Gasteiger partial charge in [0.25, 0.3) is 0 Å². The van der Waals surface area contributed by atoms with Crippen LogP contribution in [0.1, 0.15) is 13.8 Å². The molecule has 86 valence electrons. The minimum absolute atomic E-state index is 0.298. The Kier molecular flexibility index (Phi) is 2.98. The van der Waals surface area contributed by atoms with Gasteiger partial charge in [-0.1, -0.05) is 13.8 Å². The van der Waals surface area contributed by atoms with Crippen LogP contribution in [0, 0.1) is 5.41 Å². The van der Waals surface area contributed by atoms with E-state index in [1.165, 1.54) is 0 Å². The Hall–Kier alpha value is -0.610. The Morgan fingerprint density at radius 1 is 1.27 bits per heavy atom. The number of carbonyl (C=O) groups is 1. The Bertz CT molecular complexity index is 238. The first-order valence-electron chi connectivity index (χ1n) is 5.78. The van der Waals surface area contributed by atoms with Crippen LogP contribution in [0.2, 0.25) is 0 Å². The molecule has 2 saturated heterocycles. The van der Waals surface area contributed by atoms with Crippen molar-refractivity contribution in [1.29, 1.82) is 0 Å². The highest BCUT2D eigenvalue weighted by Gasteiger charge is 2.35. The molecule has 2 aliphatic heterocycles. The van der Waals surface area contributed by atoms with Gasteiger partial charge in [0.2, 0.25) is 5.91 Å². The van der Waals surface area contributed by atoms with Gasteiger partial charge in [-0.25, -0.2) is 0 Å². The minimum atomic E-state index is 0.298. The summed E-state index contributed by atoms with van der Waals surface area (Å²) in [6, 6.07) is 0. The van der Waals surface area contributed by atoms with Crippen molar-refractivity contribution in [1.82, 2.24) is 15.1 Å². The van der Waals surface area contributed by atoms with Gasteiger partial charge in [-0.15, -0.1) is 0 Å². The quantitative estimate of drug-likeness (QED) is 0.685. The predicted molar refractivity (Wildman–Crippen MR) is 59.7 cm³/mol. The second-order valence-corrected chi connectivity index (χ2v) is 5.44. The highest BCUT2D eigenvalue weighted by Crippen LogP contribution is 2.28. The van der Waals surface area contributed by atoms with Gasteiger partial charge in [-0.3, -0.25) is 9.69 Å². The fourth-order valence-electron chi connectivity index (χ4n) is 2.48. The number of carbonyl (C=O) groups excluding carboxylic acids is 1. The number of hydrogen-bond acceptors (Lipinski definition) is 3. The van der Waals surface area contributed by atoms with Gasteiger partial charge in [-0.2, -0.15) is 0 Å². The van der Waals surface area contributed by atoms with Crippen LogP contribution in [0.4, 0.5) is 0 Å². The van der Waals surface area contributed by atoms with E-state index in [0.29, 0.717) is 17.9 Å². The maximum absolute atomic E-state index is 11.9. The standard InChI is InChI=1S/C11H21N3O/c1-11(2)8-13(9-11)7-10(15)14-5-3-12-4-6-14/h12H,3-9H2,1-2H3. The fraction of sp³-hybridized carbons (Fsp3) is 0.909.